The third-order valence-electron chi connectivity index (χ3n) is 4.68. The molecule has 0 fully saturated rings. The summed E-state index contributed by atoms with van der Waals surface area (Å²) >= 11 is 0. The molecule has 0 spiro atoms. The molecule has 0 aromatic heterocycles. The van der Waals surface area contributed by atoms with Crippen LogP contribution in [-0.4, -0.2) is 50.1 Å². The molecule has 1 N–H and O–H groups in total. The number of carbonyl (C=O) groups is 2. The highest BCUT2D eigenvalue weighted by molar-refractivity contribution is 5.87. The van der Waals surface area contributed by atoms with Crippen LogP contribution >= 0.6 is 0 Å². The van der Waals surface area contributed by atoms with Crippen molar-refractivity contribution in [3.05, 3.63) is 53.6 Å². The van der Waals surface area contributed by atoms with E-state index in [0.717, 1.165) is 11.1 Å². The van der Waals surface area contributed by atoms with Crippen LogP contribution in [0.4, 0.5) is 0 Å². The Morgan fingerprint density at radius 3 is 2.10 bits per heavy atom. The van der Waals surface area contributed by atoms with E-state index >= 15 is 0 Å². The predicted octanol–water partition coefficient (Wildman–Crippen LogP) is 2.94. The molecule has 2 aromatic carbocycles. The van der Waals surface area contributed by atoms with Crippen molar-refractivity contribution in [3.63, 3.8) is 0 Å². The zero-order valence-corrected chi connectivity index (χ0v) is 18.2. The number of aryl methyl sites for hydroxylation is 1. The Morgan fingerprint density at radius 2 is 1.57 bits per heavy atom. The van der Waals surface area contributed by atoms with Gasteiger partial charge < -0.3 is 24.4 Å². The van der Waals surface area contributed by atoms with E-state index in [-0.39, 0.29) is 18.4 Å². The Balaban J connectivity index is 2.17. The summed E-state index contributed by atoms with van der Waals surface area (Å²) in [7, 11) is 3.09. The van der Waals surface area contributed by atoms with E-state index < -0.39 is 6.04 Å². The SMILES string of the molecule is CCNC(=O)[C@H](C)N(Cc1ccc(C)cc1)C(=O)COc1cc(OC)cc(OC)c1. The maximum atomic E-state index is 13.0. The number of likely N-dealkylation sites (N-methyl/N-ethyl adjacent to an activating group) is 1. The van der Waals surface area contributed by atoms with Gasteiger partial charge in [0, 0.05) is 31.3 Å². The summed E-state index contributed by atoms with van der Waals surface area (Å²) in [6.07, 6.45) is 0. The molecule has 0 bridgehead atoms. The van der Waals surface area contributed by atoms with Gasteiger partial charge in [0.2, 0.25) is 5.91 Å². The van der Waals surface area contributed by atoms with Crippen molar-refractivity contribution in [1.29, 1.82) is 0 Å². The van der Waals surface area contributed by atoms with Gasteiger partial charge in [-0.2, -0.15) is 0 Å². The van der Waals surface area contributed by atoms with Gasteiger partial charge in [0.1, 0.15) is 23.3 Å². The standard InChI is InChI=1S/C23H30N2O5/c1-6-24-23(27)17(3)25(14-18-9-7-16(2)8-10-18)22(26)15-30-21-12-19(28-4)11-20(13-21)29-5/h7-13,17H,6,14-15H2,1-5H3,(H,24,27)/t17-/m0/s1. The van der Waals surface area contributed by atoms with Crippen LogP contribution in [0.5, 0.6) is 17.2 Å². The minimum absolute atomic E-state index is 0.207. The van der Waals surface area contributed by atoms with Gasteiger partial charge in [0.05, 0.1) is 14.2 Å². The van der Waals surface area contributed by atoms with Crippen molar-refractivity contribution in [2.24, 2.45) is 0 Å². The molecule has 0 heterocycles. The second-order valence-electron chi connectivity index (χ2n) is 6.91. The van der Waals surface area contributed by atoms with E-state index in [0.29, 0.717) is 30.3 Å². The number of rotatable bonds is 10. The quantitative estimate of drug-likeness (QED) is 0.647. The van der Waals surface area contributed by atoms with Gasteiger partial charge in [-0.3, -0.25) is 9.59 Å². The molecule has 2 aromatic rings. The van der Waals surface area contributed by atoms with Gasteiger partial charge in [-0.05, 0) is 26.3 Å². The molecule has 0 radical (unpaired) electrons. The van der Waals surface area contributed by atoms with Gasteiger partial charge in [-0.15, -0.1) is 0 Å². The van der Waals surface area contributed by atoms with Crippen molar-refractivity contribution < 1.29 is 23.8 Å². The first-order valence-electron chi connectivity index (χ1n) is 9.86. The number of nitrogens with one attached hydrogen (secondary N) is 1. The first kappa shape index (κ1) is 23.1. The molecule has 2 amide bonds. The number of carbonyl (C=O) groups excluding carboxylic acids is 2. The Labute approximate surface area is 177 Å². The normalized spacial score (nSPS) is 11.4. The summed E-state index contributed by atoms with van der Waals surface area (Å²) in [5.74, 6) is 1.06. The first-order chi connectivity index (χ1) is 14.4. The molecular weight excluding hydrogens is 384 g/mol. The number of hydrogen-bond acceptors (Lipinski definition) is 5. The summed E-state index contributed by atoms with van der Waals surface area (Å²) in [6.45, 7) is 6.14. The van der Waals surface area contributed by atoms with Crippen molar-refractivity contribution in [2.45, 2.75) is 33.4 Å². The highest BCUT2D eigenvalue weighted by Crippen LogP contribution is 2.27. The number of ether oxygens (including phenoxy) is 3. The smallest absolute Gasteiger partial charge is 0.261 e. The lowest BCUT2D eigenvalue weighted by Crippen LogP contribution is -2.49. The topological polar surface area (TPSA) is 77.1 Å². The molecule has 0 aliphatic heterocycles. The Kier molecular flexibility index (Phi) is 8.53. The largest absolute Gasteiger partial charge is 0.496 e. The first-order valence-corrected chi connectivity index (χ1v) is 9.86. The van der Waals surface area contributed by atoms with Crippen LogP contribution in [0.25, 0.3) is 0 Å². The zero-order chi connectivity index (χ0) is 22.1. The molecule has 0 saturated carbocycles. The highest BCUT2D eigenvalue weighted by Gasteiger charge is 2.26. The zero-order valence-electron chi connectivity index (χ0n) is 18.2. The number of methoxy groups -OCH3 is 2. The fourth-order valence-corrected chi connectivity index (χ4v) is 2.89. The Bertz CT molecular complexity index is 829. The summed E-state index contributed by atoms with van der Waals surface area (Å²) in [5, 5.41) is 2.77. The lowest BCUT2D eigenvalue weighted by Gasteiger charge is -2.28. The van der Waals surface area contributed by atoms with E-state index in [4.69, 9.17) is 14.2 Å². The second kappa shape index (κ2) is 11.1. The molecule has 0 aliphatic carbocycles. The Hall–Kier alpha value is -3.22. The number of amides is 2. The molecule has 0 unspecified atom stereocenters. The molecule has 0 saturated heterocycles. The number of hydrogen-bond donors (Lipinski definition) is 1. The summed E-state index contributed by atoms with van der Waals surface area (Å²) in [4.78, 5) is 26.9. The summed E-state index contributed by atoms with van der Waals surface area (Å²) in [6, 6.07) is 12.3. The molecule has 1 atom stereocenters. The van der Waals surface area contributed by atoms with Gasteiger partial charge >= 0.3 is 0 Å². The predicted molar refractivity (Wildman–Crippen MR) is 115 cm³/mol. The van der Waals surface area contributed by atoms with E-state index in [9.17, 15) is 9.59 Å². The van der Waals surface area contributed by atoms with Crippen LogP contribution in [0.2, 0.25) is 0 Å². The monoisotopic (exact) mass is 414 g/mol. The average molecular weight is 415 g/mol. The summed E-state index contributed by atoms with van der Waals surface area (Å²) in [5.41, 5.74) is 2.07. The lowest BCUT2D eigenvalue weighted by molar-refractivity contribution is -0.142. The minimum atomic E-state index is -0.637. The van der Waals surface area contributed by atoms with E-state index in [1.54, 1.807) is 39.3 Å². The van der Waals surface area contributed by atoms with Crippen LogP contribution in [0.1, 0.15) is 25.0 Å². The third-order valence-corrected chi connectivity index (χ3v) is 4.68. The minimum Gasteiger partial charge on any atom is -0.496 e. The lowest BCUT2D eigenvalue weighted by atomic mass is 10.1. The fourth-order valence-electron chi connectivity index (χ4n) is 2.89. The third kappa shape index (κ3) is 6.40. The average Bonchev–Trinajstić information content (AvgIpc) is 2.76. The van der Waals surface area contributed by atoms with Gasteiger partial charge in [0.15, 0.2) is 6.61 Å². The van der Waals surface area contributed by atoms with Crippen LogP contribution in [0.15, 0.2) is 42.5 Å². The molecule has 162 valence electrons. The fraction of sp³-hybridized carbons (Fsp3) is 0.391. The Morgan fingerprint density at radius 1 is 1.00 bits per heavy atom. The van der Waals surface area contributed by atoms with Crippen molar-refractivity contribution >= 4 is 11.8 Å². The molecule has 30 heavy (non-hydrogen) atoms. The van der Waals surface area contributed by atoms with E-state index in [1.807, 2.05) is 38.1 Å². The number of benzene rings is 2. The number of nitrogens with zero attached hydrogens (tertiary/aromatic N) is 1. The van der Waals surface area contributed by atoms with Crippen molar-refractivity contribution in [3.8, 4) is 17.2 Å². The maximum Gasteiger partial charge on any atom is 0.261 e. The van der Waals surface area contributed by atoms with Crippen LogP contribution < -0.4 is 19.5 Å². The van der Waals surface area contributed by atoms with E-state index in [2.05, 4.69) is 5.32 Å². The van der Waals surface area contributed by atoms with Gasteiger partial charge in [-0.1, -0.05) is 29.8 Å². The molecule has 7 nitrogen and oxygen atoms in total. The molecular formula is C23H30N2O5. The van der Waals surface area contributed by atoms with Crippen LogP contribution in [0, 0.1) is 6.92 Å². The van der Waals surface area contributed by atoms with Gasteiger partial charge in [0.25, 0.3) is 5.91 Å². The molecule has 7 heteroatoms. The summed E-state index contributed by atoms with van der Waals surface area (Å²) < 4.78 is 16.2. The van der Waals surface area contributed by atoms with Crippen LogP contribution in [0.3, 0.4) is 0 Å². The van der Waals surface area contributed by atoms with Crippen molar-refractivity contribution in [2.75, 3.05) is 27.4 Å². The van der Waals surface area contributed by atoms with Crippen LogP contribution in [-0.2, 0) is 16.1 Å². The van der Waals surface area contributed by atoms with Crippen molar-refractivity contribution in [1.82, 2.24) is 10.2 Å². The molecule has 0 aliphatic rings. The highest BCUT2D eigenvalue weighted by atomic mass is 16.5. The second-order valence-corrected chi connectivity index (χ2v) is 6.91. The van der Waals surface area contributed by atoms with Gasteiger partial charge in [-0.25, -0.2) is 0 Å². The maximum absolute atomic E-state index is 13.0. The molecule has 2 rings (SSSR count). The van der Waals surface area contributed by atoms with E-state index in [1.165, 1.54) is 4.90 Å².